The molecule has 0 aromatic heterocycles. The minimum absolute atomic E-state index is 0.0119. The summed E-state index contributed by atoms with van der Waals surface area (Å²) in [6, 6.07) is -0.519. The van der Waals surface area contributed by atoms with E-state index in [4.69, 9.17) is 10.5 Å². The quantitative estimate of drug-likeness (QED) is 0.762. The molecule has 1 aliphatic rings. The molecule has 0 radical (unpaired) electrons. The summed E-state index contributed by atoms with van der Waals surface area (Å²) in [5.41, 5.74) is 5.13. The Kier molecular flexibility index (Phi) is 3.57. The van der Waals surface area contributed by atoms with Crippen molar-refractivity contribution in [3.63, 3.8) is 0 Å². The lowest BCUT2D eigenvalue weighted by Gasteiger charge is -2.38. The largest absolute Gasteiger partial charge is 0.460 e. The van der Waals surface area contributed by atoms with Crippen molar-refractivity contribution in [2.24, 2.45) is 11.7 Å². The molecule has 94 valence electrons. The summed E-state index contributed by atoms with van der Waals surface area (Å²) in [4.78, 5) is 11.4. The smallest absolute Gasteiger partial charge is 0.307 e. The number of carbonyl (C=O) groups is 1. The number of hydrogen-bond acceptors (Lipinski definition) is 3. The van der Waals surface area contributed by atoms with Crippen LogP contribution in [0.25, 0.3) is 0 Å². The van der Waals surface area contributed by atoms with E-state index in [1.807, 2.05) is 0 Å². The van der Waals surface area contributed by atoms with Gasteiger partial charge in [-0.1, -0.05) is 0 Å². The Balaban J connectivity index is 2.30. The van der Waals surface area contributed by atoms with Gasteiger partial charge in [0.2, 0.25) is 5.92 Å². The van der Waals surface area contributed by atoms with Gasteiger partial charge in [-0.15, -0.1) is 0 Å². The van der Waals surface area contributed by atoms with Crippen LogP contribution in [0.4, 0.5) is 8.78 Å². The van der Waals surface area contributed by atoms with Crippen molar-refractivity contribution in [3.8, 4) is 0 Å². The standard InChI is InChI=1S/C11H19F2NO2/c1-10(2,3)16-9(15)4-8(14)7-5-11(12,13)6-7/h7-8H,4-6,14H2,1-3H3. The zero-order valence-electron chi connectivity index (χ0n) is 9.93. The second kappa shape index (κ2) is 4.28. The van der Waals surface area contributed by atoms with Crippen molar-refractivity contribution in [2.75, 3.05) is 0 Å². The van der Waals surface area contributed by atoms with Crippen molar-refractivity contribution in [2.45, 2.75) is 57.6 Å². The summed E-state index contributed by atoms with van der Waals surface area (Å²) in [5, 5.41) is 0. The Labute approximate surface area is 94.3 Å². The Morgan fingerprint density at radius 2 is 2.00 bits per heavy atom. The SMILES string of the molecule is CC(C)(C)OC(=O)CC(N)C1CC(F)(F)C1. The third-order valence-corrected chi connectivity index (χ3v) is 2.55. The topological polar surface area (TPSA) is 52.3 Å². The van der Waals surface area contributed by atoms with Gasteiger partial charge in [0.1, 0.15) is 5.60 Å². The number of rotatable bonds is 3. The van der Waals surface area contributed by atoms with E-state index in [0.717, 1.165) is 0 Å². The van der Waals surface area contributed by atoms with Crippen LogP contribution in [0.3, 0.4) is 0 Å². The Morgan fingerprint density at radius 3 is 2.38 bits per heavy atom. The van der Waals surface area contributed by atoms with Gasteiger partial charge in [0, 0.05) is 18.9 Å². The molecule has 0 aromatic carbocycles. The first-order valence-electron chi connectivity index (χ1n) is 5.44. The van der Waals surface area contributed by atoms with Crippen LogP contribution in [0.1, 0.15) is 40.0 Å². The van der Waals surface area contributed by atoms with Gasteiger partial charge < -0.3 is 10.5 Å². The number of nitrogens with two attached hydrogens (primary N) is 1. The van der Waals surface area contributed by atoms with Gasteiger partial charge in [-0.2, -0.15) is 0 Å². The van der Waals surface area contributed by atoms with Crippen molar-refractivity contribution >= 4 is 5.97 Å². The van der Waals surface area contributed by atoms with Gasteiger partial charge >= 0.3 is 5.97 Å². The minimum atomic E-state index is -2.59. The van der Waals surface area contributed by atoms with Crippen LogP contribution in [0.2, 0.25) is 0 Å². The highest BCUT2D eigenvalue weighted by Crippen LogP contribution is 2.44. The van der Waals surface area contributed by atoms with Crippen LogP contribution in [0.15, 0.2) is 0 Å². The maximum absolute atomic E-state index is 12.6. The summed E-state index contributed by atoms with van der Waals surface area (Å²) in [6.45, 7) is 5.27. The second-order valence-corrected chi connectivity index (χ2v) is 5.48. The molecule has 1 atom stereocenters. The van der Waals surface area contributed by atoms with E-state index >= 15 is 0 Å². The Bertz CT molecular complexity index is 266. The number of carbonyl (C=O) groups excluding carboxylic acids is 1. The molecule has 1 saturated carbocycles. The summed E-state index contributed by atoms with van der Waals surface area (Å²) in [7, 11) is 0. The number of alkyl halides is 2. The molecule has 2 N–H and O–H groups in total. The number of ether oxygens (including phenoxy) is 1. The lowest BCUT2D eigenvalue weighted by atomic mass is 9.76. The van der Waals surface area contributed by atoms with Crippen LogP contribution < -0.4 is 5.73 Å². The molecule has 1 unspecified atom stereocenters. The molecular formula is C11H19F2NO2. The number of hydrogen-bond donors (Lipinski definition) is 1. The first-order chi connectivity index (χ1) is 7.09. The fourth-order valence-electron chi connectivity index (χ4n) is 1.75. The zero-order chi connectivity index (χ0) is 12.6. The fraction of sp³-hybridized carbons (Fsp3) is 0.909. The first kappa shape index (κ1) is 13.4. The molecule has 1 rings (SSSR count). The number of esters is 1. The molecule has 0 heterocycles. The molecule has 0 bridgehead atoms. The van der Waals surface area contributed by atoms with Crippen molar-refractivity contribution in [1.29, 1.82) is 0 Å². The highest BCUT2D eigenvalue weighted by Gasteiger charge is 2.47. The van der Waals surface area contributed by atoms with Crippen LogP contribution in [0, 0.1) is 5.92 Å². The summed E-state index contributed by atoms with van der Waals surface area (Å²) in [5.74, 6) is -3.27. The van der Waals surface area contributed by atoms with Crippen LogP contribution >= 0.6 is 0 Å². The highest BCUT2D eigenvalue weighted by molar-refractivity contribution is 5.70. The Hall–Kier alpha value is -0.710. The molecule has 0 aliphatic heterocycles. The van der Waals surface area contributed by atoms with Gasteiger partial charge in [0.15, 0.2) is 0 Å². The molecule has 16 heavy (non-hydrogen) atoms. The molecule has 0 spiro atoms. The van der Waals surface area contributed by atoms with Crippen LogP contribution in [-0.2, 0) is 9.53 Å². The van der Waals surface area contributed by atoms with E-state index in [1.165, 1.54) is 0 Å². The lowest BCUT2D eigenvalue weighted by molar-refractivity contribution is -0.158. The molecule has 0 amide bonds. The van der Waals surface area contributed by atoms with E-state index in [-0.39, 0.29) is 25.2 Å². The summed E-state index contributed by atoms with van der Waals surface area (Å²) >= 11 is 0. The third-order valence-electron chi connectivity index (χ3n) is 2.55. The maximum Gasteiger partial charge on any atom is 0.307 e. The fourth-order valence-corrected chi connectivity index (χ4v) is 1.75. The van der Waals surface area contributed by atoms with E-state index in [9.17, 15) is 13.6 Å². The van der Waals surface area contributed by atoms with Crippen molar-refractivity contribution in [1.82, 2.24) is 0 Å². The highest BCUT2D eigenvalue weighted by atomic mass is 19.3. The monoisotopic (exact) mass is 235 g/mol. The molecular weight excluding hydrogens is 216 g/mol. The maximum atomic E-state index is 12.6. The average molecular weight is 235 g/mol. The first-order valence-corrected chi connectivity index (χ1v) is 5.44. The molecule has 0 aromatic rings. The van der Waals surface area contributed by atoms with Crippen molar-refractivity contribution in [3.05, 3.63) is 0 Å². The number of halogens is 2. The van der Waals surface area contributed by atoms with E-state index in [0.29, 0.717) is 0 Å². The van der Waals surface area contributed by atoms with E-state index in [1.54, 1.807) is 20.8 Å². The third kappa shape index (κ3) is 4.04. The van der Waals surface area contributed by atoms with Gasteiger partial charge in [-0.25, -0.2) is 8.78 Å². The van der Waals surface area contributed by atoms with Gasteiger partial charge in [-0.3, -0.25) is 4.79 Å². The molecule has 1 fully saturated rings. The van der Waals surface area contributed by atoms with E-state index < -0.39 is 23.5 Å². The van der Waals surface area contributed by atoms with Gasteiger partial charge in [0.25, 0.3) is 0 Å². The van der Waals surface area contributed by atoms with Gasteiger partial charge in [0.05, 0.1) is 6.42 Å². The lowest BCUT2D eigenvalue weighted by Crippen LogP contribution is -2.47. The summed E-state index contributed by atoms with van der Waals surface area (Å²) in [6.07, 6.45) is -0.411. The molecule has 0 saturated heterocycles. The summed E-state index contributed by atoms with van der Waals surface area (Å²) < 4.78 is 30.2. The zero-order valence-corrected chi connectivity index (χ0v) is 9.93. The van der Waals surface area contributed by atoms with E-state index in [2.05, 4.69) is 0 Å². The average Bonchev–Trinajstić information content (AvgIpc) is 1.95. The predicted molar refractivity (Wildman–Crippen MR) is 56.1 cm³/mol. The molecule has 1 aliphatic carbocycles. The van der Waals surface area contributed by atoms with Crippen molar-refractivity contribution < 1.29 is 18.3 Å². The minimum Gasteiger partial charge on any atom is -0.460 e. The van der Waals surface area contributed by atoms with Crippen LogP contribution in [0.5, 0.6) is 0 Å². The normalized spacial score (nSPS) is 22.4. The molecule has 5 heteroatoms. The van der Waals surface area contributed by atoms with Gasteiger partial charge in [-0.05, 0) is 26.7 Å². The predicted octanol–water partition coefficient (Wildman–Crippen LogP) is 2.09. The second-order valence-electron chi connectivity index (χ2n) is 5.48. The Morgan fingerprint density at radius 1 is 1.50 bits per heavy atom. The van der Waals surface area contributed by atoms with Crippen LogP contribution in [-0.4, -0.2) is 23.5 Å². The molecule has 3 nitrogen and oxygen atoms in total.